The number of hydrogen-bond acceptors (Lipinski definition) is 5. The van der Waals surface area contributed by atoms with Gasteiger partial charge < -0.3 is 4.74 Å². The molecule has 6 heteroatoms. The number of ether oxygens (including phenoxy) is 1. The molecule has 25 heavy (non-hydrogen) atoms. The second-order valence-corrected chi connectivity index (χ2v) is 7.39. The normalized spacial score (nSPS) is 17.6. The van der Waals surface area contributed by atoms with Gasteiger partial charge in [0.1, 0.15) is 5.69 Å². The molecule has 0 amide bonds. The van der Waals surface area contributed by atoms with Crippen LogP contribution >= 0.6 is 11.3 Å². The van der Waals surface area contributed by atoms with Crippen LogP contribution in [0.15, 0.2) is 47.8 Å². The van der Waals surface area contributed by atoms with Crippen molar-refractivity contribution in [1.29, 1.82) is 0 Å². The van der Waals surface area contributed by atoms with Crippen molar-refractivity contribution >= 4 is 11.3 Å². The summed E-state index contributed by atoms with van der Waals surface area (Å²) < 4.78 is 7.96. The summed E-state index contributed by atoms with van der Waals surface area (Å²) in [6.07, 6.45) is 0.986. The molecule has 1 aromatic carbocycles. The van der Waals surface area contributed by atoms with E-state index in [1.807, 2.05) is 29.9 Å². The summed E-state index contributed by atoms with van der Waals surface area (Å²) in [5.41, 5.74) is 3.50. The molecule has 0 spiro atoms. The molecule has 0 radical (unpaired) electrons. The van der Waals surface area contributed by atoms with E-state index >= 15 is 0 Å². The Hall–Kier alpha value is -2.02. The molecule has 0 N–H and O–H groups in total. The molecule has 2 aromatic heterocycles. The Morgan fingerprint density at radius 1 is 1.20 bits per heavy atom. The van der Waals surface area contributed by atoms with Gasteiger partial charge in [0.15, 0.2) is 0 Å². The smallest absolute Gasteiger partial charge is 0.105 e. The van der Waals surface area contributed by atoms with Crippen molar-refractivity contribution < 1.29 is 4.74 Å². The summed E-state index contributed by atoms with van der Waals surface area (Å²) in [4.78, 5) is 3.84. The maximum atomic E-state index is 6.06. The van der Waals surface area contributed by atoms with Gasteiger partial charge in [0, 0.05) is 31.4 Å². The van der Waals surface area contributed by atoms with E-state index in [1.54, 1.807) is 11.3 Å². The Bertz CT molecular complexity index is 800. The van der Waals surface area contributed by atoms with E-state index in [-0.39, 0.29) is 6.04 Å². The van der Waals surface area contributed by atoms with E-state index in [0.717, 1.165) is 25.2 Å². The molecule has 0 aliphatic carbocycles. The van der Waals surface area contributed by atoms with Gasteiger partial charge in [0.05, 0.1) is 24.9 Å². The Balaban J connectivity index is 1.49. The SMILES string of the molecule is Cn1nnc2c1CCN(Cc1cccs1)[C@H]2COCc1ccccc1. The average Bonchev–Trinajstić information content (AvgIpc) is 3.28. The molecule has 3 heterocycles. The zero-order valence-electron chi connectivity index (χ0n) is 14.3. The van der Waals surface area contributed by atoms with Crippen molar-refractivity contribution in [2.45, 2.75) is 25.6 Å². The molecule has 0 bridgehead atoms. The highest BCUT2D eigenvalue weighted by Crippen LogP contribution is 2.30. The molecular weight excluding hydrogens is 332 g/mol. The molecule has 1 aliphatic rings. The van der Waals surface area contributed by atoms with Crippen LogP contribution in [0, 0.1) is 0 Å². The lowest BCUT2D eigenvalue weighted by atomic mass is 10.0. The van der Waals surface area contributed by atoms with Gasteiger partial charge in [0.25, 0.3) is 0 Å². The first-order chi connectivity index (χ1) is 12.3. The van der Waals surface area contributed by atoms with Crippen LogP contribution in [0.1, 0.15) is 27.9 Å². The maximum absolute atomic E-state index is 6.06. The van der Waals surface area contributed by atoms with Gasteiger partial charge >= 0.3 is 0 Å². The lowest BCUT2D eigenvalue weighted by molar-refractivity contribution is 0.0393. The molecule has 0 saturated carbocycles. The zero-order chi connectivity index (χ0) is 17.1. The minimum Gasteiger partial charge on any atom is -0.375 e. The molecular formula is C19H22N4OS. The molecule has 0 saturated heterocycles. The van der Waals surface area contributed by atoms with E-state index in [1.165, 1.54) is 16.1 Å². The highest BCUT2D eigenvalue weighted by Gasteiger charge is 2.31. The number of aromatic nitrogens is 3. The lowest BCUT2D eigenvalue weighted by Crippen LogP contribution is -2.37. The first-order valence-corrected chi connectivity index (χ1v) is 9.46. The van der Waals surface area contributed by atoms with Crippen LogP contribution in [0.3, 0.4) is 0 Å². The maximum Gasteiger partial charge on any atom is 0.105 e. The molecule has 3 aromatic rings. The lowest BCUT2D eigenvalue weighted by Gasteiger charge is -2.34. The van der Waals surface area contributed by atoms with Crippen LogP contribution in [0.25, 0.3) is 0 Å². The fourth-order valence-electron chi connectivity index (χ4n) is 3.36. The van der Waals surface area contributed by atoms with Crippen molar-refractivity contribution in [3.05, 3.63) is 69.7 Å². The standard InChI is InChI=1S/C19H22N4OS/c1-22-17-9-10-23(12-16-8-5-11-25-16)18(19(17)20-21-22)14-24-13-15-6-3-2-4-7-15/h2-8,11,18H,9-10,12-14H2,1H3/t18-/m0/s1. The summed E-state index contributed by atoms with van der Waals surface area (Å²) >= 11 is 1.80. The van der Waals surface area contributed by atoms with Crippen molar-refractivity contribution in [2.24, 2.45) is 7.05 Å². The second-order valence-electron chi connectivity index (χ2n) is 6.36. The van der Waals surface area contributed by atoms with Crippen LogP contribution in [0.2, 0.25) is 0 Å². The van der Waals surface area contributed by atoms with Gasteiger partial charge in [-0.15, -0.1) is 16.4 Å². The third kappa shape index (κ3) is 3.66. The molecule has 1 atom stereocenters. The fraction of sp³-hybridized carbons (Fsp3) is 0.368. The van der Waals surface area contributed by atoms with E-state index < -0.39 is 0 Å². The van der Waals surface area contributed by atoms with Gasteiger partial charge in [-0.3, -0.25) is 9.58 Å². The Labute approximate surface area is 151 Å². The van der Waals surface area contributed by atoms with E-state index in [2.05, 4.69) is 44.9 Å². The largest absolute Gasteiger partial charge is 0.375 e. The minimum absolute atomic E-state index is 0.156. The molecule has 4 rings (SSSR count). The predicted molar refractivity (Wildman–Crippen MR) is 98.3 cm³/mol. The van der Waals surface area contributed by atoms with E-state index in [0.29, 0.717) is 13.2 Å². The highest BCUT2D eigenvalue weighted by molar-refractivity contribution is 7.09. The van der Waals surface area contributed by atoms with Crippen LogP contribution in [0.5, 0.6) is 0 Å². The first-order valence-electron chi connectivity index (χ1n) is 8.58. The van der Waals surface area contributed by atoms with Crippen molar-refractivity contribution in [2.75, 3.05) is 13.2 Å². The van der Waals surface area contributed by atoms with Gasteiger partial charge in [-0.05, 0) is 17.0 Å². The summed E-state index contributed by atoms with van der Waals surface area (Å²) in [7, 11) is 1.97. The number of hydrogen-bond donors (Lipinski definition) is 0. The topological polar surface area (TPSA) is 43.2 Å². The van der Waals surface area contributed by atoms with E-state index in [9.17, 15) is 0 Å². The van der Waals surface area contributed by atoms with Gasteiger partial charge in [0.2, 0.25) is 0 Å². The molecule has 1 aliphatic heterocycles. The van der Waals surface area contributed by atoms with Crippen LogP contribution in [-0.4, -0.2) is 33.0 Å². The third-order valence-corrected chi connectivity index (χ3v) is 5.55. The Kier molecular flexibility index (Phi) is 4.92. The second kappa shape index (κ2) is 7.47. The highest BCUT2D eigenvalue weighted by atomic mass is 32.1. The van der Waals surface area contributed by atoms with Gasteiger partial charge in [-0.2, -0.15) is 0 Å². The zero-order valence-corrected chi connectivity index (χ0v) is 15.2. The van der Waals surface area contributed by atoms with Crippen LogP contribution in [0.4, 0.5) is 0 Å². The summed E-state index contributed by atoms with van der Waals surface area (Å²) in [5, 5.41) is 10.8. The first kappa shape index (κ1) is 16.4. The average molecular weight is 354 g/mol. The Morgan fingerprint density at radius 3 is 2.88 bits per heavy atom. The van der Waals surface area contributed by atoms with Gasteiger partial charge in [-0.25, -0.2) is 0 Å². The number of aryl methyl sites for hydroxylation is 1. The summed E-state index contributed by atoms with van der Waals surface area (Å²) in [5.74, 6) is 0. The predicted octanol–water partition coefficient (Wildman–Crippen LogP) is 3.19. The number of rotatable bonds is 6. The fourth-order valence-corrected chi connectivity index (χ4v) is 4.09. The minimum atomic E-state index is 0.156. The molecule has 0 fully saturated rings. The molecule has 130 valence electrons. The third-order valence-electron chi connectivity index (χ3n) is 4.69. The van der Waals surface area contributed by atoms with Crippen LogP contribution < -0.4 is 0 Å². The molecule has 0 unspecified atom stereocenters. The van der Waals surface area contributed by atoms with Crippen LogP contribution in [-0.2, 0) is 31.4 Å². The summed E-state index contributed by atoms with van der Waals surface area (Å²) in [6.45, 7) is 3.20. The monoisotopic (exact) mass is 354 g/mol. The molecule has 5 nitrogen and oxygen atoms in total. The summed E-state index contributed by atoms with van der Waals surface area (Å²) in [6, 6.07) is 14.8. The number of nitrogens with zero attached hydrogens (tertiary/aromatic N) is 4. The van der Waals surface area contributed by atoms with Crippen molar-refractivity contribution in [1.82, 2.24) is 19.9 Å². The van der Waals surface area contributed by atoms with Crippen molar-refractivity contribution in [3.63, 3.8) is 0 Å². The van der Waals surface area contributed by atoms with Gasteiger partial charge in [-0.1, -0.05) is 41.6 Å². The van der Waals surface area contributed by atoms with E-state index in [4.69, 9.17) is 4.74 Å². The quantitative estimate of drug-likeness (QED) is 0.682. The Morgan fingerprint density at radius 2 is 2.08 bits per heavy atom. The van der Waals surface area contributed by atoms with Crippen molar-refractivity contribution in [3.8, 4) is 0 Å². The number of fused-ring (bicyclic) bond motifs is 1. The number of benzene rings is 1. The number of thiophene rings is 1.